The third kappa shape index (κ3) is 3.71. The third-order valence-corrected chi connectivity index (χ3v) is 3.82. The number of hydrogen-bond acceptors (Lipinski definition) is 3. The maximum atomic E-state index is 3.57. The van der Waals surface area contributed by atoms with Gasteiger partial charge in [0.25, 0.3) is 0 Å². The first-order chi connectivity index (χ1) is 9.08. The summed E-state index contributed by atoms with van der Waals surface area (Å²) in [4.78, 5) is 4.89. The quantitative estimate of drug-likeness (QED) is 0.898. The summed E-state index contributed by atoms with van der Waals surface area (Å²) >= 11 is 0. The van der Waals surface area contributed by atoms with Gasteiger partial charge in [0.2, 0.25) is 0 Å². The molecule has 1 unspecified atom stereocenters. The van der Waals surface area contributed by atoms with E-state index in [1.807, 2.05) is 0 Å². The van der Waals surface area contributed by atoms with Gasteiger partial charge >= 0.3 is 0 Å². The number of nitrogens with zero attached hydrogens (tertiary/aromatic N) is 2. The number of nitrogens with one attached hydrogen (secondary N) is 1. The zero-order valence-corrected chi connectivity index (χ0v) is 12.7. The molecule has 2 rings (SSSR count). The summed E-state index contributed by atoms with van der Waals surface area (Å²) in [5.41, 5.74) is 4.15. The van der Waals surface area contributed by atoms with Crippen molar-refractivity contribution in [1.29, 1.82) is 0 Å². The molecule has 0 aromatic heterocycles. The number of anilines is 1. The van der Waals surface area contributed by atoms with Crippen molar-refractivity contribution in [3.8, 4) is 0 Å². The molecule has 1 aromatic carbocycles. The molecule has 0 aliphatic carbocycles. The van der Waals surface area contributed by atoms with Gasteiger partial charge < -0.3 is 15.1 Å². The van der Waals surface area contributed by atoms with Crippen LogP contribution in [0.25, 0.3) is 0 Å². The molecule has 1 N–H and O–H groups in total. The average molecular weight is 261 g/mol. The van der Waals surface area contributed by atoms with Gasteiger partial charge in [-0.3, -0.25) is 0 Å². The molecule has 0 spiro atoms. The van der Waals surface area contributed by atoms with Crippen LogP contribution < -0.4 is 10.2 Å². The van der Waals surface area contributed by atoms with Crippen molar-refractivity contribution in [2.75, 3.05) is 45.2 Å². The Morgan fingerprint density at radius 3 is 2.84 bits per heavy atom. The van der Waals surface area contributed by atoms with Crippen LogP contribution in [0.1, 0.15) is 17.5 Å². The Kier molecular flexibility index (Phi) is 4.83. The minimum atomic E-state index is 0.554. The molecule has 1 fully saturated rings. The van der Waals surface area contributed by atoms with Crippen LogP contribution in [0.2, 0.25) is 0 Å². The largest absolute Gasteiger partial charge is 0.366 e. The molecule has 1 atom stereocenters. The predicted octanol–water partition coefficient (Wildman–Crippen LogP) is 2.03. The molecule has 1 saturated heterocycles. The summed E-state index contributed by atoms with van der Waals surface area (Å²) in [6, 6.07) is 7.34. The molecule has 0 radical (unpaired) electrons. The molecular weight excluding hydrogens is 234 g/mol. The van der Waals surface area contributed by atoms with Crippen molar-refractivity contribution in [3.05, 3.63) is 29.3 Å². The summed E-state index contributed by atoms with van der Waals surface area (Å²) in [5.74, 6) is 0. The summed E-state index contributed by atoms with van der Waals surface area (Å²) < 4.78 is 0. The molecule has 3 heteroatoms. The lowest BCUT2D eigenvalue weighted by Gasteiger charge is -2.35. The highest BCUT2D eigenvalue weighted by atomic mass is 15.2. The van der Waals surface area contributed by atoms with Gasteiger partial charge in [-0.25, -0.2) is 0 Å². The van der Waals surface area contributed by atoms with Gasteiger partial charge in [0.15, 0.2) is 0 Å². The summed E-state index contributed by atoms with van der Waals surface area (Å²) in [7, 11) is 4.32. The molecule has 0 saturated carbocycles. The molecule has 1 aliphatic heterocycles. The van der Waals surface area contributed by atoms with Crippen LogP contribution in [0.4, 0.5) is 5.69 Å². The maximum Gasteiger partial charge on any atom is 0.0541 e. The van der Waals surface area contributed by atoms with E-state index >= 15 is 0 Å². The van der Waals surface area contributed by atoms with E-state index in [1.54, 1.807) is 0 Å². The average Bonchev–Trinajstić information content (AvgIpc) is 2.57. The van der Waals surface area contributed by atoms with Crippen molar-refractivity contribution >= 4 is 5.69 Å². The van der Waals surface area contributed by atoms with Crippen LogP contribution >= 0.6 is 0 Å². The Bertz CT molecular complexity index is 414. The van der Waals surface area contributed by atoms with E-state index in [4.69, 9.17) is 0 Å². The van der Waals surface area contributed by atoms with E-state index in [9.17, 15) is 0 Å². The Morgan fingerprint density at radius 2 is 2.11 bits per heavy atom. The summed E-state index contributed by atoms with van der Waals surface area (Å²) in [6.07, 6.45) is 1.22. The Morgan fingerprint density at radius 1 is 1.32 bits per heavy atom. The zero-order chi connectivity index (χ0) is 13.8. The van der Waals surface area contributed by atoms with E-state index < -0.39 is 0 Å². The van der Waals surface area contributed by atoms with Crippen molar-refractivity contribution in [2.24, 2.45) is 0 Å². The Balaban J connectivity index is 2.28. The molecule has 106 valence electrons. The molecule has 0 amide bonds. The molecule has 3 nitrogen and oxygen atoms in total. The first-order valence-corrected chi connectivity index (χ1v) is 7.27. The van der Waals surface area contributed by atoms with E-state index in [0.717, 1.165) is 26.2 Å². The number of benzene rings is 1. The molecule has 1 aromatic rings. The summed E-state index contributed by atoms with van der Waals surface area (Å²) in [6.45, 7) is 8.85. The van der Waals surface area contributed by atoms with E-state index in [0.29, 0.717) is 6.04 Å². The summed E-state index contributed by atoms with van der Waals surface area (Å²) in [5, 5.41) is 3.57. The highest BCUT2D eigenvalue weighted by molar-refractivity contribution is 5.56. The fourth-order valence-electron chi connectivity index (χ4n) is 2.87. The van der Waals surface area contributed by atoms with Crippen molar-refractivity contribution < 1.29 is 0 Å². The Hall–Kier alpha value is -1.06. The standard InChI is InChI=1S/C16H27N3/c1-13-6-7-14(2)16(10-13)19-9-5-8-17-11-15(19)12-18(3)4/h6-7,10,15,17H,5,8-9,11-12H2,1-4H3. The van der Waals surface area contributed by atoms with Gasteiger partial charge in [0.1, 0.15) is 0 Å². The third-order valence-electron chi connectivity index (χ3n) is 3.82. The molecule has 1 heterocycles. The number of aryl methyl sites for hydroxylation is 2. The van der Waals surface area contributed by atoms with Crippen molar-refractivity contribution in [1.82, 2.24) is 10.2 Å². The van der Waals surface area contributed by atoms with Crippen LogP contribution in [0.15, 0.2) is 18.2 Å². The lowest BCUT2D eigenvalue weighted by atomic mass is 10.1. The van der Waals surface area contributed by atoms with Crippen LogP contribution in [-0.2, 0) is 0 Å². The maximum absolute atomic E-state index is 3.57. The fourth-order valence-corrected chi connectivity index (χ4v) is 2.87. The normalized spacial score (nSPS) is 20.7. The SMILES string of the molecule is Cc1ccc(C)c(N2CCCNCC2CN(C)C)c1. The minimum absolute atomic E-state index is 0.554. The van der Waals surface area contributed by atoms with Gasteiger partial charge in [0, 0.05) is 25.3 Å². The monoisotopic (exact) mass is 261 g/mol. The first-order valence-electron chi connectivity index (χ1n) is 7.27. The second kappa shape index (κ2) is 6.40. The van der Waals surface area contributed by atoms with Crippen LogP contribution in [0, 0.1) is 13.8 Å². The van der Waals surface area contributed by atoms with Gasteiger partial charge in [-0.1, -0.05) is 12.1 Å². The Labute approximate surface area is 117 Å². The van der Waals surface area contributed by atoms with Gasteiger partial charge in [-0.15, -0.1) is 0 Å². The smallest absolute Gasteiger partial charge is 0.0541 e. The predicted molar refractivity (Wildman–Crippen MR) is 83.1 cm³/mol. The highest BCUT2D eigenvalue weighted by Crippen LogP contribution is 2.24. The van der Waals surface area contributed by atoms with Gasteiger partial charge in [-0.05, 0) is 58.1 Å². The minimum Gasteiger partial charge on any atom is -0.366 e. The molecular formula is C16H27N3. The second-order valence-electron chi connectivity index (χ2n) is 5.96. The van der Waals surface area contributed by atoms with Gasteiger partial charge in [-0.2, -0.15) is 0 Å². The van der Waals surface area contributed by atoms with E-state index in [2.05, 4.69) is 61.3 Å². The molecule has 19 heavy (non-hydrogen) atoms. The number of hydrogen-bond donors (Lipinski definition) is 1. The lowest BCUT2D eigenvalue weighted by molar-refractivity contribution is 0.361. The molecule has 1 aliphatic rings. The second-order valence-corrected chi connectivity index (χ2v) is 5.96. The van der Waals surface area contributed by atoms with Gasteiger partial charge in [0.05, 0.1) is 6.04 Å². The lowest BCUT2D eigenvalue weighted by Crippen LogP contribution is -2.46. The van der Waals surface area contributed by atoms with Crippen molar-refractivity contribution in [3.63, 3.8) is 0 Å². The van der Waals surface area contributed by atoms with Crippen molar-refractivity contribution in [2.45, 2.75) is 26.3 Å². The molecule has 0 bridgehead atoms. The van der Waals surface area contributed by atoms with Crippen LogP contribution in [-0.4, -0.2) is 51.2 Å². The number of likely N-dealkylation sites (N-methyl/N-ethyl adjacent to an activating group) is 1. The first kappa shape index (κ1) is 14.4. The van der Waals surface area contributed by atoms with Crippen LogP contribution in [0.5, 0.6) is 0 Å². The van der Waals surface area contributed by atoms with E-state index in [1.165, 1.54) is 23.2 Å². The number of rotatable bonds is 3. The zero-order valence-electron chi connectivity index (χ0n) is 12.7. The topological polar surface area (TPSA) is 18.5 Å². The fraction of sp³-hybridized carbons (Fsp3) is 0.625. The van der Waals surface area contributed by atoms with Crippen LogP contribution in [0.3, 0.4) is 0 Å². The van der Waals surface area contributed by atoms with E-state index in [-0.39, 0.29) is 0 Å². The highest BCUT2D eigenvalue weighted by Gasteiger charge is 2.22.